The summed E-state index contributed by atoms with van der Waals surface area (Å²) in [6.45, 7) is 1.98. The van der Waals surface area contributed by atoms with E-state index in [0.717, 1.165) is 22.4 Å². The molecule has 1 heterocycles. The standard InChI is InChI=1S/C22H21NO4S/c1-14-3-8-16(9-4-14)18-13-28-21(20(18)22(25)26)23-19(24)12-7-15-5-10-17(27-2)11-6-15/h3-6,8-11,13H,7,12H2,1-2H3,(H,23,24)(H,25,26). The van der Waals surface area contributed by atoms with Crippen LogP contribution in [0.25, 0.3) is 11.1 Å². The van der Waals surface area contributed by atoms with Gasteiger partial charge in [0.15, 0.2) is 0 Å². The van der Waals surface area contributed by atoms with E-state index in [0.29, 0.717) is 17.0 Å². The number of carbonyl (C=O) groups excluding carboxylic acids is 1. The van der Waals surface area contributed by atoms with Crippen molar-refractivity contribution in [2.45, 2.75) is 19.8 Å². The number of carbonyl (C=O) groups is 2. The lowest BCUT2D eigenvalue weighted by Crippen LogP contribution is -2.14. The van der Waals surface area contributed by atoms with E-state index >= 15 is 0 Å². The number of methoxy groups -OCH3 is 1. The molecule has 3 aromatic rings. The van der Waals surface area contributed by atoms with Crippen LogP contribution in [0.5, 0.6) is 5.75 Å². The second-order valence-electron chi connectivity index (χ2n) is 6.42. The quantitative estimate of drug-likeness (QED) is 0.590. The molecule has 0 atom stereocenters. The number of hydrogen-bond donors (Lipinski definition) is 2. The van der Waals surface area contributed by atoms with Crippen molar-refractivity contribution in [2.75, 3.05) is 12.4 Å². The summed E-state index contributed by atoms with van der Waals surface area (Å²) < 4.78 is 5.12. The lowest BCUT2D eigenvalue weighted by Gasteiger charge is -2.07. The van der Waals surface area contributed by atoms with Gasteiger partial charge in [-0.3, -0.25) is 4.79 Å². The molecule has 0 radical (unpaired) electrons. The van der Waals surface area contributed by atoms with Gasteiger partial charge in [-0.1, -0.05) is 42.0 Å². The van der Waals surface area contributed by atoms with Crippen LogP contribution in [0.15, 0.2) is 53.9 Å². The number of amides is 1. The number of rotatable bonds is 7. The maximum atomic E-state index is 12.4. The summed E-state index contributed by atoms with van der Waals surface area (Å²) in [5.41, 5.74) is 3.68. The molecule has 28 heavy (non-hydrogen) atoms. The molecule has 0 fully saturated rings. The summed E-state index contributed by atoms with van der Waals surface area (Å²) in [5, 5.41) is 14.6. The third kappa shape index (κ3) is 4.58. The first-order valence-electron chi connectivity index (χ1n) is 8.82. The summed E-state index contributed by atoms with van der Waals surface area (Å²) in [5.74, 6) is -0.501. The lowest BCUT2D eigenvalue weighted by molar-refractivity contribution is -0.116. The average molecular weight is 395 g/mol. The fourth-order valence-electron chi connectivity index (χ4n) is 2.85. The largest absolute Gasteiger partial charge is 0.497 e. The average Bonchev–Trinajstić information content (AvgIpc) is 3.11. The number of benzene rings is 2. The number of thiophene rings is 1. The smallest absolute Gasteiger partial charge is 0.339 e. The van der Waals surface area contributed by atoms with Crippen LogP contribution in [0.3, 0.4) is 0 Å². The number of aromatic carboxylic acids is 1. The van der Waals surface area contributed by atoms with Crippen LogP contribution in [-0.4, -0.2) is 24.1 Å². The first kappa shape index (κ1) is 19.6. The van der Waals surface area contributed by atoms with Gasteiger partial charge in [0, 0.05) is 17.4 Å². The molecule has 0 aliphatic heterocycles. The summed E-state index contributed by atoms with van der Waals surface area (Å²) in [6.07, 6.45) is 0.831. The van der Waals surface area contributed by atoms with Crippen molar-refractivity contribution in [1.82, 2.24) is 0 Å². The maximum absolute atomic E-state index is 12.4. The van der Waals surface area contributed by atoms with Gasteiger partial charge in [-0.2, -0.15) is 0 Å². The van der Waals surface area contributed by atoms with E-state index < -0.39 is 5.97 Å². The SMILES string of the molecule is COc1ccc(CCC(=O)Nc2scc(-c3ccc(C)cc3)c2C(=O)O)cc1. The number of carboxylic acids is 1. The van der Waals surface area contributed by atoms with Crippen LogP contribution in [0.1, 0.15) is 27.9 Å². The Kier molecular flexibility index (Phi) is 6.11. The third-order valence-electron chi connectivity index (χ3n) is 4.42. The van der Waals surface area contributed by atoms with Crippen molar-refractivity contribution < 1.29 is 19.4 Å². The van der Waals surface area contributed by atoms with Crippen LogP contribution < -0.4 is 10.1 Å². The first-order chi connectivity index (χ1) is 13.5. The van der Waals surface area contributed by atoms with Crippen molar-refractivity contribution in [1.29, 1.82) is 0 Å². The van der Waals surface area contributed by atoms with Gasteiger partial charge in [0.1, 0.15) is 16.3 Å². The zero-order chi connectivity index (χ0) is 20.1. The van der Waals surface area contributed by atoms with E-state index in [1.54, 1.807) is 12.5 Å². The van der Waals surface area contributed by atoms with Gasteiger partial charge in [-0.05, 0) is 36.6 Å². The van der Waals surface area contributed by atoms with E-state index in [4.69, 9.17) is 4.74 Å². The molecule has 0 bridgehead atoms. The highest BCUT2D eigenvalue weighted by Crippen LogP contribution is 2.35. The molecule has 0 aliphatic carbocycles. The molecule has 0 saturated heterocycles. The molecule has 2 N–H and O–H groups in total. The van der Waals surface area contributed by atoms with Crippen molar-refractivity contribution in [3.63, 3.8) is 0 Å². The molecule has 0 spiro atoms. The van der Waals surface area contributed by atoms with Crippen LogP contribution in [0.2, 0.25) is 0 Å². The fraction of sp³-hybridized carbons (Fsp3) is 0.182. The third-order valence-corrected chi connectivity index (χ3v) is 5.32. The van der Waals surface area contributed by atoms with Gasteiger partial charge >= 0.3 is 5.97 Å². The van der Waals surface area contributed by atoms with Gasteiger partial charge < -0.3 is 15.2 Å². The molecular formula is C22H21NO4S. The summed E-state index contributed by atoms with van der Waals surface area (Å²) in [7, 11) is 1.61. The highest BCUT2D eigenvalue weighted by atomic mass is 32.1. The van der Waals surface area contributed by atoms with Crippen molar-refractivity contribution in [2.24, 2.45) is 0 Å². The van der Waals surface area contributed by atoms with Crippen molar-refractivity contribution in [3.05, 3.63) is 70.6 Å². The Labute approximate surface area is 167 Å². The summed E-state index contributed by atoms with van der Waals surface area (Å²) in [6, 6.07) is 15.2. The van der Waals surface area contributed by atoms with E-state index in [-0.39, 0.29) is 17.9 Å². The predicted molar refractivity (Wildman–Crippen MR) is 111 cm³/mol. The molecule has 1 amide bonds. The number of aryl methyl sites for hydroxylation is 2. The van der Waals surface area contributed by atoms with Crippen molar-refractivity contribution >= 4 is 28.2 Å². The van der Waals surface area contributed by atoms with Gasteiger partial charge in [0.25, 0.3) is 0 Å². The number of ether oxygens (including phenoxy) is 1. The minimum Gasteiger partial charge on any atom is -0.497 e. The summed E-state index contributed by atoms with van der Waals surface area (Å²) in [4.78, 5) is 24.2. The van der Waals surface area contributed by atoms with Gasteiger partial charge in [0.05, 0.1) is 7.11 Å². The molecule has 0 unspecified atom stereocenters. The highest BCUT2D eigenvalue weighted by molar-refractivity contribution is 7.15. The maximum Gasteiger partial charge on any atom is 0.339 e. The normalized spacial score (nSPS) is 10.5. The van der Waals surface area contributed by atoms with Crippen LogP contribution in [-0.2, 0) is 11.2 Å². The second kappa shape index (κ2) is 8.71. The molecule has 144 valence electrons. The van der Waals surface area contributed by atoms with Crippen LogP contribution >= 0.6 is 11.3 Å². The summed E-state index contributed by atoms with van der Waals surface area (Å²) >= 11 is 1.23. The molecule has 2 aromatic carbocycles. The van der Waals surface area contributed by atoms with E-state index in [1.807, 2.05) is 55.5 Å². The van der Waals surface area contributed by atoms with E-state index in [1.165, 1.54) is 11.3 Å². The lowest BCUT2D eigenvalue weighted by atomic mass is 10.0. The monoisotopic (exact) mass is 395 g/mol. The Bertz CT molecular complexity index is 975. The molecular weight excluding hydrogens is 374 g/mol. The van der Waals surface area contributed by atoms with E-state index in [2.05, 4.69) is 5.32 Å². The molecule has 1 aromatic heterocycles. The van der Waals surface area contributed by atoms with E-state index in [9.17, 15) is 14.7 Å². The molecule has 3 rings (SSSR count). The topological polar surface area (TPSA) is 75.6 Å². The Hall–Kier alpha value is -3.12. The number of carboxylic acid groups (broad SMARTS) is 1. The van der Waals surface area contributed by atoms with Crippen molar-refractivity contribution in [3.8, 4) is 16.9 Å². The Balaban J connectivity index is 1.71. The van der Waals surface area contributed by atoms with Gasteiger partial charge in [-0.25, -0.2) is 4.79 Å². The molecule has 0 aliphatic rings. The highest BCUT2D eigenvalue weighted by Gasteiger charge is 2.21. The molecule has 5 nitrogen and oxygen atoms in total. The first-order valence-corrected chi connectivity index (χ1v) is 9.70. The zero-order valence-electron chi connectivity index (χ0n) is 15.7. The Morgan fingerprint density at radius 2 is 1.75 bits per heavy atom. The second-order valence-corrected chi connectivity index (χ2v) is 7.30. The van der Waals surface area contributed by atoms with Crippen LogP contribution in [0, 0.1) is 6.92 Å². The van der Waals surface area contributed by atoms with Gasteiger partial charge in [-0.15, -0.1) is 11.3 Å². The molecule has 0 saturated carbocycles. The number of anilines is 1. The van der Waals surface area contributed by atoms with Crippen LogP contribution in [0.4, 0.5) is 5.00 Å². The number of hydrogen-bond acceptors (Lipinski definition) is 4. The Morgan fingerprint density at radius 1 is 1.07 bits per heavy atom. The zero-order valence-corrected chi connectivity index (χ0v) is 16.5. The minimum atomic E-state index is -1.05. The fourth-order valence-corrected chi connectivity index (χ4v) is 3.82. The Morgan fingerprint density at radius 3 is 2.36 bits per heavy atom. The minimum absolute atomic E-state index is 0.131. The molecule has 6 heteroatoms. The number of nitrogens with one attached hydrogen (secondary N) is 1. The predicted octanol–water partition coefficient (Wildman–Crippen LogP) is 5.00. The van der Waals surface area contributed by atoms with Gasteiger partial charge in [0.2, 0.25) is 5.91 Å².